The van der Waals surface area contributed by atoms with E-state index in [0.29, 0.717) is 12.2 Å². The summed E-state index contributed by atoms with van der Waals surface area (Å²) in [6, 6.07) is -1.72. The van der Waals surface area contributed by atoms with Gasteiger partial charge in [0.2, 0.25) is 5.91 Å². The van der Waals surface area contributed by atoms with E-state index in [1.165, 1.54) is 11.8 Å². The molecule has 0 bridgehead atoms. The van der Waals surface area contributed by atoms with Crippen LogP contribution in [0.4, 0.5) is 4.79 Å². The van der Waals surface area contributed by atoms with Crippen molar-refractivity contribution in [3.05, 3.63) is 0 Å². The summed E-state index contributed by atoms with van der Waals surface area (Å²) in [5, 5.41) is 31.9. The number of nitrogens with two attached hydrogens (primary N) is 1. The van der Waals surface area contributed by atoms with Crippen molar-refractivity contribution in [2.75, 3.05) is 31.8 Å². The lowest BCUT2D eigenvalue weighted by Crippen LogP contribution is -2.61. The van der Waals surface area contributed by atoms with Crippen molar-refractivity contribution >= 4 is 23.7 Å². The Morgan fingerprint density at radius 1 is 1.26 bits per heavy atom. The van der Waals surface area contributed by atoms with Crippen LogP contribution in [-0.4, -0.2) is 70.7 Å². The van der Waals surface area contributed by atoms with Crippen molar-refractivity contribution in [2.24, 2.45) is 5.73 Å². The molecular weight excluding hydrogens is 274 g/mol. The number of aliphatic hydroxyl groups excluding tert-OH is 3. The molecule has 0 radical (unpaired) electrons. The quantitative estimate of drug-likeness (QED) is 0.280. The number of aliphatic hydroxyl groups is 3. The monoisotopic (exact) mass is 295 g/mol. The Kier molecular flexibility index (Phi) is 8.48. The normalized spacial score (nSPS) is 12.8. The maximum atomic E-state index is 12.0. The molecule has 0 aliphatic carbocycles. The van der Waals surface area contributed by atoms with E-state index >= 15 is 0 Å². The molecule has 0 fully saturated rings. The van der Waals surface area contributed by atoms with Crippen molar-refractivity contribution in [1.29, 1.82) is 0 Å². The highest BCUT2D eigenvalue weighted by molar-refractivity contribution is 7.98. The SMILES string of the molecule is CSCCC(NC(N)=O)C(=O)NC(CO)(CO)CO. The Labute approximate surface area is 115 Å². The van der Waals surface area contributed by atoms with E-state index in [9.17, 15) is 9.59 Å². The van der Waals surface area contributed by atoms with E-state index in [4.69, 9.17) is 21.1 Å². The molecule has 1 unspecified atom stereocenters. The Morgan fingerprint density at radius 3 is 2.16 bits per heavy atom. The minimum atomic E-state index is -1.52. The number of hydrogen-bond acceptors (Lipinski definition) is 6. The van der Waals surface area contributed by atoms with Gasteiger partial charge in [-0.05, 0) is 18.4 Å². The van der Waals surface area contributed by atoms with Crippen LogP contribution in [0.5, 0.6) is 0 Å². The number of carbonyl (C=O) groups is 2. The second-order valence-corrected chi connectivity index (χ2v) is 5.07. The van der Waals surface area contributed by atoms with Gasteiger partial charge in [-0.25, -0.2) is 4.79 Å². The molecule has 0 aromatic heterocycles. The summed E-state index contributed by atoms with van der Waals surface area (Å²) in [6.45, 7) is -1.88. The van der Waals surface area contributed by atoms with Gasteiger partial charge >= 0.3 is 6.03 Å². The van der Waals surface area contributed by atoms with Crippen molar-refractivity contribution < 1.29 is 24.9 Å². The minimum absolute atomic E-state index is 0.342. The fourth-order valence-corrected chi connectivity index (χ4v) is 1.76. The number of primary amides is 1. The number of thioether (sulfide) groups is 1. The first-order chi connectivity index (χ1) is 8.94. The molecule has 0 aliphatic heterocycles. The highest BCUT2D eigenvalue weighted by Gasteiger charge is 2.32. The zero-order valence-corrected chi connectivity index (χ0v) is 11.6. The van der Waals surface area contributed by atoms with Crippen molar-refractivity contribution in [3.63, 3.8) is 0 Å². The van der Waals surface area contributed by atoms with Crippen LogP contribution in [-0.2, 0) is 4.79 Å². The van der Waals surface area contributed by atoms with Crippen LogP contribution in [0.25, 0.3) is 0 Å². The summed E-state index contributed by atoms with van der Waals surface area (Å²) in [7, 11) is 0. The van der Waals surface area contributed by atoms with Crippen LogP contribution >= 0.6 is 11.8 Å². The Bertz CT molecular complexity index is 291. The highest BCUT2D eigenvalue weighted by Crippen LogP contribution is 2.06. The van der Waals surface area contributed by atoms with Crippen LogP contribution in [0, 0.1) is 0 Å². The molecule has 0 aliphatic rings. The summed E-state index contributed by atoms with van der Waals surface area (Å²) in [5.74, 6) is -0.00654. The van der Waals surface area contributed by atoms with Gasteiger partial charge in [-0.3, -0.25) is 4.79 Å². The molecule has 0 saturated carbocycles. The van der Waals surface area contributed by atoms with Gasteiger partial charge in [0, 0.05) is 0 Å². The van der Waals surface area contributed by atoms with E-state index in [1.54, 1.807) is 0 Å². The number of nitrogens with one attached hydrogen (secondary N) is 2. The van der Waals surface area contributed by atoms with Gasteiger partial charge < -0.3 is 31.7 Å². The molecule has 8 nitrogen and oxygen atoms in total. The lowest BCUT2D eigenvalue weighted by atomic mass is 10.0. The molecule has 0 saturated heterocycles. The molecule has 0 aromatic carbocycles. The molecule has 1 atom stereocenters. The first-order valence-electron chi connectivity index (χ1n) is 5.64. The van der Waals surface area contributed by atoms with Crippen LogP contribution in [0.3, 0.4) is 0 Å². The molecular formula is C10H21N3O5S. The lowest BCUT2D eigenvalue weighted by molar-refractivity contribution is -0.127. The standard InChI is InChI=1S/C10H21N3O5S/c1-19-3-2-7(12-9(11)18)8(17)13-10(4-14,5-15)6-16/h7,14-16H,2-6H2,1H3,(H,13,17)(H3,11,12,18). The summed E-state index contributed by atoms with van der Waals surface area (Å²) in [5.41, 5.74) is 3.46. The predicted molar refractivity (Wildman–Crippen MR) is 71.6 cm³/mol. The molecule has 0 spiro atoms. The highest BCUT2D eigenvalue weighted by atomic mass is 32.2. The van der Waals surface area contributed by atoms with Gasteiger partial charge in [-0.2, -0.15) is 11.8 Å². The number of carbonyl (C=O) groups excluding carboxylic acids is 2. The topological polar surface area (TPSA) is 145 Å². The maximum absolute atomic E-state index is 12.0. The third kappa shape index (κ3) is 6.10. The Hall–Kier alpha value is -1.03. The fourth-order valence-electron chi connectivity index (χ4n) is 1.29. The minimum Gasteiger partial charge on any atom is -0.394 e. The van der Waals surface area contributed by atoms with Crippen molar-refractivity contribution in [3.8, 4) is 0 Å². The second kappa shape index (κ2) is 8.97. The van der Waals surface area contributed by atoms with Crippen LogP contribution < -0.4 is 16.4 Å². The number of rotatable bonds is 9. The van der Waals surface area contributed by atoms with Crippen LogP contribution in [0.15, 0.2) is 0 Å². The summed E-state index contributed by atoms with van der Waals surface area (Å²) in [6.07, 6.45) is 2.19. The predicted octanol–water partition coefficient (Wildman–Crippen LogP) is -2.39. The van der Waals surface area contributed by atoms with Crippen LogP contribution in [0.2, 0.25) is 0 Å². The van der Waals surface area contributed by atoms with Gasteiger partial charge in [-0.1, -0.05) is 0 Å². The molecule has 7 N–H and O–H groups in total. The van der Waals surface area contributed by atoms with Crippen molar-refractivity contribution in [1.82, 2.24) is 10.6 Å². The third-order valence-corrected chi connectivity index (χ3v) is 3.18. The molecule has 19 heavy (non-hydrogen) atoms. The van der Waals surface area contributed by atoms with Gasteiger partial charge in [0.1, 0.15) is 11.6 Å². The smallest absolute Gasteiger partial charge is 0.312 e. The van der Waals surface area contributed by atoms with E-state index in [0.717, 1.165) is 0 Å². The van der Waals surface area contributed by atoms with E-state index in [-0.39, 0.29) is 0 Å². The van der Waals surface area contributed by atoms with E-state index in [2.05, 4.69) is 10.6 Å². The molecule has 9 heteroatoms. The van der Waals surface area contributed by atoms with E-state index in [1.807, 2.05) is 6.26 Å². The summed E-state index contributed by atoms with van der Waals surface area (Å²) >= 11 is 1.49. The first-order valence-corrected chi connectivity index (χ1v) is 7.03. The average Bonchev–Trinajstić information content (AvgIpc) is 2.40. The first kappa shape index (κ1) is 18.0. The number of amides is 3. The van der Waals surface area contributed by atoms with Gasteiger partial charge in [0.15, 0.2) is 0 Å². The third-order valence-electron chi connectivity index (χ3n) is 2.54. The van der Waals surface area contributed by atoms with Gasteiger partial charge in [-0.15, -0.1) is 0 Å². The lowest BCUT2D eigenvalue weighted by Gasteiger charge is -2.30. The molecule has 0 aromatic rings. The zero-order chi connectivity index (χ0) is 14.9. The Balaban J connectivity index is 4.73. The summed E-state index contributed by atoms with van der Waals surface area (Å²) < 4.78 is 0. The van der Waals surface area contributed by atoms with E-state index < -0.39 is 43.3 Å². The fraction of sp³-hybridized carbons (Fsp3) is 0.800. The number of hydrogen-bond donors (Lipinski definition) is 6. The second-order valence-electron chi connectivity index (χ2n) is 4.09. The summed E-state index contributed by atoms with van der Waals surface area (Å²) in [4.78, 5) is 22.8. The van der Waals surface area contributed by atoms with Gasteiger partial charge in [0.05, 0.1) is 19.8 Å². The van der Waals surface area contributed by atoms with Gasteiger partial charge in [0.25, 0.3) is 0 Å². The Morgan fingerprint density at radius 2 is 1.79 bits per heavy atom. The largest absolute Gasteiger partial charge is 0.394 e. The molecule has 3 amide bonds. The van der Waals surface area contributed by atoms with Crippen molar-refractivity contribution in [2.45, 2.75) is 18.0 Å². The van der Waals surface area contributed by atoms with Crippen LogP contribution in [0.1, 0.15) is 6.42 Å². The molecule has 0 rings (SSSR count). The number of urea groups is 1. The molecule has 112 valence electrons. The maximum Gasteiger partial charge on any atom is 0.312 e. The molecule has 0 heterocycles. The average molecular weight is 295 g/mol. The zero-order valence-electron chi connectivity index (χ0n) is 10.8.